The predicted molar refractivity (Wildman–Crippen MR) is 89.6 cm³/mol. The lowest BCUT2D eigenvalue weighted by Gasteiger charge is -2.11. The van der Waals surface area contributed by atoms with E-state index in [4.69, 9.17) is 21.1 Å². The summed E-state index contributed by atoms with van der Waals surface area (Å²) in [5, 5.41) is 0.655. The molecule has 1 aromatic heterocycles. The summed E-state index contributed by atoms with van der Waals surface area (Å²) in [4.78, 5) is 17.0. The lowest BCUT2D eigenvalue weighted by atomic mass is 10.2. The molecule has 0 N–H and O–H groups in total. The van der Waals surface area contributed by atoms with E-state index < -0.39 is 5.82 Å². The Bertz CT molecular complexity index is 972. The second-order valence-electron chi connectivity index (χ2n) is 5.14. The largest absolute Gasteiger partial charge is 0.493 e. The van der Waals surface area contributed by atoms with E-state index in [0.717, 1.165) is 0 Å². The molecule has 0 unspecified atom stereocenters. The molecule has 0 spiro atoms. The maximum atomic E-state index is 13.1. The molecule has 3 rings (SSSR count). The summed E-state index contributed by atoms with van der Waals surface area (Å²) in [6.07, 6.45) is 1.43. The number of halogens is 2. The summed E-state index contributed by atoms with van der Waals surface area (Å²) in [6.45, 7) is 0.190. The van der Waals surface area contributed by atoms with Crippen LogP contribution >= 0.6 is 11.6 Å². The molecule has 0 radical (unpaired) electrons. The lowest BCUT2D eigenvalue weighted by Crippen LogP contribution is -2.21. The average molecular weight is 349 g/mol. The van der Waals surface area contributed by atoms with Crippen LogP contribution in [0.25, 0.3) is 10.9 Å². The van der Waals surface area contributed by atoms with Gasteiger partial charge in [0.05, 0.1) is 38.0 Å². The maximum Gasteiger partial charge on any atom is 0.261 e. The number of hydrogen-bond acceptors (Lipinski definition) is 4. The van der Waals surface area contributed by atoms with Crippen molar-refractivity contribution in [2.24, 2.45) is 0 Å². The number of benzene rings is 2. The number of nitrogens with zero attached hydrogens (tertiary/aromatic N) is 2. The standard InChI is InChI=1S/C17H14ClFN2O3/c1-23-15-6-12-14(7-16(15)24-2)20-9-21(17(12)22)8-10-3-4-11(19)5-13(10)18/h3-7,9H,8H2,1-2H3. The monoisotopic (exact) mass is 348 g/mol. The highest BCUT2D eigenvalue weighted by molar-refractivity contribution is 6.31. The van der Waals surface area contributed by atoms with Gasteiger partial charge in [-0.3, -0.25) is 9.36 Å². The second kappa shape index (κ2) is 6.49. The number of ether oxygens (including phenoxy) is 2. The van der Waals surface area contributed by atoms with Crippen LogP contribution in [0.2, 0.25) is 5.02 Å². The van der Waals surface area contributed by atoms with Crippen LogP contribution in [0.15, 0.2) is 41.5 Å². The molecule has 0 aliphatic carbocycles. The Morgan fingerprint density at radius 3 is 2.54 bits per heavy atom. The Balaban J connectivity index is 2.09. The molecule has 0 saturated carbocycles. The zero-order valence-corrected chi connectivity index (χ0v) is 13.8. The molecular formula is C17H14ClFN2O3. The van der Waals surface area contributed by atoms with Gasteiger partial charge in [0.15, 0.2) is 11.5 Å². The van der Waals surface area contributed by atoms with E-state index in [9.17, 15) is 9.18 Å². The van der Waals surface area contributed by atoms with Crippen molar-refractivity contribution in [2.45, 2.75) is 6.54 Å². The Hall–Kier alpha value is -2.60. The summed E-state index contributed by atoms with van der Waals surface area (Å²) < 4.78 is 25.0. The fourth-order valence-electron chi connectivity index (χ4n) is 2.43. The number of rotatable bonds is 4. The highest BCUT2D eigenvalue weighted by Crippen LogP contribution is 2.29. The molecule has 0 aliphatic heterocycles. The first-order chi connectivity index (χ1) is 11.5. The van der Waals surface area contributed by atoms with Gasteiger partial charge in [-0.25, -0.2) is 9.37 Å². The van der Waals surface area contributed by atoms with Crippen LogP contribution in [-0.2, 0) is 6.54 Å². The molecule has 0 aliphatic rings. The fourth-order valence-corrected chi connectivity index (χ4v) is 2.66. The van der Waals surface area contributed by atoms with Gasteiger partial charge in [-0.2, -0.15) is 0 Å². The average Bonchev–Trinajstić information content (AvgIpc) is 2.58. The van der Waals surface area contributed by atoms with Gasteiger partial charge in [-0.05, 0) is 23.8 Å². The highest BCUT2D eigenvalue weighted by Gasteiger charge is 2.12. The first kappa shape index (κ1) is 16.3. The van der Waals surface area contributed by atoms with Crippen LogP contribution < -0.4 is 15.0 Å². The van der Waals surface area contributed by atoms with Gasteiger partial charge in [0, 0.05) is 11.1 Å². The first-order valence-electron chi connectivity index (χ1n) is 7.08. The van der Waals surface area contributed by atoms with Crippen molar-refractivity contribution >= 4 is 22.5 Å². The summed E-state index contributed by atoms with van der Waals surface area (Å²) in [7, 11) is 3.01. The van der Waals surface area contributed by atoms with E-state index in [1.165, 1.54) is 37.2 Å². The zero-order valence-electron chi connectivity index (χ0n) is 13.0. The van der Waals surface area contributed by atoms with E-state index in [2.05, 4.69) is 4.98 Å². The zero-order chi connectivity index (χ0) is 17.3. The maximum absolute atomic E-state index is 13.1. The van der Waals surface area contributed by atoms with Crippen molar-refractivity contribution in [3.05, 3.63) is 63.4 Å². The number of fused-ring (bicyclic) bond motifs is 1. The van der Waals surface area contributed by atoms with Crippen molar-refractivity contribution in [1.82, 2.24) is 9.55 Å². The Kier molecular flexibility index (Phi) is 4.40. The molecule has 1 heterocycles. The van der Waals surface area contributed by atoms with Crippen LogP contribution in [0.1, 0.15) is 5.56 Å². The van der Waals surface area contributed by atoms with E-state index in [1.807, 2.05) is 0 Å². The number of methoxy groups -OCH3 is 2. The molecule has 3 aromatic rings. The van der Waals surface area contributed by atoms with Gasteiger partial charge in [0.2, 0.25) is 0 Å². The van der Waals surface area contributed by atoms with Gasteiger partial charge in [-0.1, -0.05) is 17.7 Å². The normalized spacial score (nSPS) is 10.8. The summed E-state index contributed by atoms with van der Waals surface area (Å²) >= 11 is 6.02. The second-order valence-corrected chi connectivity index (χ2v) is 5.54. The van der Waals surface area contributed by atoms with Crippen molar-refractivity contribution in [1.29, 1.82) is 0 Å². The highest BCUT2D eigenvalue weighted by atomic mass is 35.5. The SMILES string of the molecule is COc1cc2ncn(Cc3ccc(F)cc3Cl)c(=O)c2cc1OC. The Labute approximate surface area is 142 Å². The van der Waals surface area contributed by atoms with Crippen molar-refractivity contribution in [3.8, 4) is 11.5 Å². The van der Waals surface area contributed by atoms with Crippen LogP contribution in [0.4, 0.5) is 4.39 Å². The lowest BCUT2D eigenvalue weighted by molar-refractivity contribution is 0.355. The molecular weight excluding hydrogens is 335 g/mol. The molecule has 124 valence electrons. The van der Waals surface area contributed by atoms with E-state index >= 15 is 0 Å². The number of hydrogen-bond donors (Lipinski definition) is 0. The van der Waals surface area contributed by atoms with Crippen molar-refractivity contribution < 1.29 is 13.9 Å². The first-order valence-corrected chi connectivity index (χ1v) is 7.46. The Morgan fingerprint density at radius 1 is 1.17 bits per heavy atom. The molecule has 0 amide bonds. The summed E-state index contributed by atoms with van der Waals surface area (Å²) in [6, 6.07) is 7.29. The number of aromatic nitrogens is 2. The van der Waals surface area contributed by atoms with Gasteiger partial charge >= 0.3 is 0 Å². The molecule has 0 atom stereocenters. The third-order valence-electron chi connectivity index (χ3n) is 3.69. The smallest absolute Gasteiger partial charge is 0.261 e. The quantitative estimate of drug-likeness (QED) is 0.726. The van der Waals surface area contributed by atoms with E-state index in [-0.39, 0.29) is 17.1 Å². The topological polar surface area (TPSA) is 53.4 Å². The van der Waals surface area contributed by atoms with Crippen LogP contribution in [0.3, 0.4) is 0 Å². The molecule has 2 aromatic carbocycles. The minimum atomic E-state index is -0.426. The van der Waals surface area contributed by atoms with Crippen LogP contribution in [-0.4, -0.2) is 23.8 Å². The van der Waals surface area contributed by atoms with E-state index in [0.29, 0.717) is 28.0 Å². The van der Waals surface area contributed by atoms with Gasteiger partial charge < -0.3 is 9.47 Å². The van der Waals surface area contributed by atoms with Crippen molar-refractivity contribution in [2.75, 3.05) is 14.2 Å². The van der Waals surface area contributed by atoms with Crippen LogP contribution in [0, 0.1) is 5.82 Å². The minimum Gasteiger partial charge on any atom is -0.493 e. The third kappa shape index (κ3) is 2.92. The molecule has 0 bridgehead atoms. The molecule has 5 nitrogen and oxygen atoms in total. The van der Waals surface area contributed by atoms with Crippen LogP contribution in [0.5, 0.6) is 11.5 Å². The van der Waals surface area contributed by atoms with Gasteiger partial charge in [-0.15, -0.1) is 0 Å². The fraction of sp³-hybridized carbons (Fsp3) is 0.176. The van der Waals surface area contributed by atoms with Gasteiger partial charge in [0.1, 0.15) is 5.82 Å². The summed E-state index contributed by atoms with van der Waals surface area (Å²) in [5.74, 6) is 0.516. The molecule has 0 saturated heterocycles. The van der Waals surface area contributed by atoms with Gasteiger partial charge in [0.25, 0.3) is 5.56 Å². The molecule has 24 heavy (non-hydrogen) atoms. The third-order valence-corrected chi connectivity index (χ3v) is 4.04. The Morgan fingerprint density at radius 2 is 1.88 bits per heavy atom. The molecule has 7 heteroatoms. The summed E-state index contributed by atoms with van der Waals surface area (Å²) in [5.41, 5.74) is 0.877. The van der Waals surface area contributed by atoms with Crippen molar-refractivity contribution in [3.63, 3.8) is 0 Å². The minimum absolute atomic E-state index is 0.190. The molecule has 0 fully saturated rings. The predicted octanol–water partition coefficient (Wildman–Crippen LogP) is 3.25. The van der Waals surface area contributed by atoms with E-state index in [1.54, 1.807) is 18.2 Å².